The lowest BCUT2D eigenvalue weighted by Gasteiger charge is -2.33. The molecule has 1 aromatic rings. The van der Waals surface area contributed by atoms with E-state index in [1.54, 1.807) is 6.08 Å². The lowest BCUT2D eigenvalue weighted by Crippen LogP contribution is -2.41. The Bertz CT molecular complexity index is 652. The van der Waals surface area contributed by atoms with Crippen molar-refractivity contribution in [3.05, 3.63) is 41.0 Å². The molecule has 2 unspecified atom stereocenters. The third-order valence-electron chi connectivity index (χ3n) is 5.10. The molecule has 0 saturated heterocycles. The van der Waals surface area contributed by atoms with Gasteiger partial charge in [-0.3, -0.25) is 4.79 Å². The van der Waals surface area contributed by atoms with Gasteiger partial charge in [-0.1, -0.05) is 18.2 Å². The highest BCUT2D eigenvalue weighted by Gasteiger charge is 2.52. The van der Waals surface area contributed by atoms with Crippen molar-refractivity contribution < 1.29 is 14.6 Å². The van der Waals surface area contributed by atoms with E-state index in [1.165, 1.54) is 11.1 Å². The highest BCUT2D eigenvalue weighted by atomic mass is 16.5. The summed E-state index contributed by atoms with van der Waals surface area (Å²) in [6.45, 7) is 1.83. The number of aliphatic hydroxyl groups excluding tert-OH is 1. The van der Waals surface area contributed by atoms with E-state index in [-0.39, 0.29) is 23.9 Å². The molecule has 3 aliphatic rings. The Balaban J connectivity index is 1.97. The number of nitrogens with zero attached hydrogens (tertiary/aromatic N) is 1. The zero-order valence-electron chi connectivity index (χ0n) is 12.1. The first-order valence-corrected chi connectivity index (χ1v) is 7.47. The van der Waals surface area contributed by atoms with Gasteiger partial charge >= 0.3 is 0 Å². The van der Waals surface area contributed by atoms with Crippen LogP contribution >= 0.6 is 0 Å². The molecule has 0 bridgehead atoms. The first-order valence-electron chi connectivity index (χ1n) is 7.47. The zero-order chi connectivity index (χ0) is 14.6. The molecule has 4 nitrogen and oxygen atoms in total. The van der Waals surface area contributed by atoms with E-state index in [4.69, 9.17) is 4.74 Å². The molecular formula is C17H19NO3. The largest absolute Gasteiger partial charge is 0.488 e. The first kappa shape index (κ1) is 13.0. The quantitative estimate of drug-likeness (QED) is 0.850. The predicted octanol–water partition coefficient (Wildman–Crippen LogP) is 1.54. The van der Waals surface area contributed by atoms with Gasteiger partial charge in [-0.2, -0.15) is 0 Å². The van der Waals surface area contributed by atoms with E-state index < -0.39 is 0 Å². The van der Waals surface area contributed by atoms with Crippen molar-refractivity contribution in [2.75, 3.05) is 13.6 Å². The Kier molecular flexibility index (Phi) is 2.75. The average Bonchev–Trinajstić information content (AvgIpc) is 2.72. The molecule has 21 heavy (non-hydrogen) atoms. The molecule has 4 heteroatoms. The van der Waals surface area contributed by atoms with Gasteiger partial charge in [0, 0.05) is 24.1 Å². The molecule has 4 rings (SSSR count). The molecule has 0 fully saturated rings. The van der Waals surface area contributed by atoms with Crippen LogP contribution in [0.15, 0.2) is 24.3 Å². The molecule has 110 valence electrons. The van der Waals surface area contributed by atoms with Gasteiger partial charge in [0.25, 0.3) is 0 Å². The number of rotatable bonds is 1. The minimum absolute atomic E-state index is 0.0289. The second-order valence-electron chi connectivity index (χ2n) is 6.38. The summed E-state index contributed by atoms with van der Waals surface area (Å²) < 4.78 is 6.16. The second-order valence-corrected chi connectivity index (χ2v) is 6.38. The maximum atomic E-state index is 11.8. The highest BCUT2D eigenvalue weighted by Crippen LogP contribution is 2.53. The smallest absolute Gasteiger partial charge is 0.159 e. The topological polar surface area (TPSA) is 49.8 Å². The van der Waals surface area contributed by atoms with Gasteiger partial charge < -0.3 is 14.7 Å². The van der Waals surface area contributed by atoms with Crippen LogP contribution in [-0.2, 0) is 23.4 Å². The Hall–Kier alpha value is -1.65. The summed E-state index contributed by atoms with van der Waals surface area (Å²) in [6.07, 6.45) is 5.03. The first-order chi connectivity index (χ1) is 10.1. The summed E-state index contributed by atoms with van der Waals surface area (Å²) in [7, 11) is 2.12. The maximum Gasteiger partial charge on any atom is 0.159 e. The Morgan fingerprint density at radius 2 is 2.33 bits per heavy atom. The minimum atomic E-state index is -0.200. The molecule has 0 radical (unpaired) electrons. The number of ether oxygens (including phenoxy) is 1. The van der Waals surface area contributed by atoms with Crippen molar-refractivity contribution in [3.63, 3.8) is 0 Å². The minimum Gasteiger partial charge on any atom is -0.488 e. The SMILES string of the molecule is CN1CCC23C=CC(=O)CC2Oc2c(CO)ccc(c23)C1. The number of benzene rings is 1. The van der Waals surface area contributed by atoms with E-state index in [1.807, 2.05) is 6.07 Å². The summed E-state index contributed by atoms with van der Waals surface area (Å²) in [5.41, 5.74) is 3.08. The molecule has 2 atom stereocenters. The van der Waals surface area contributed by atoms with Gasteiger partial charge in [-0.25, -0.2) is 0 Å². The fraction of sp³-hybridized carbons (Fsp3) is 0.471. The van der Waals surface area contributed by atoms with Crippen molar-refractivity contribution >= 4 is 5.78 Å². The number of hydrogen-bond acceptors (Lipinski definition) is 4. The number of aliphatic hydroxyl groups is 1. The molecular weight excluding hydrogens is 266 g/mol. The van der Waals surface area contributed by atoms with Crippen LogP contribution in [0.1, 0.15) is 29.5 Å². The van der Waals surface area contributed by atoms with Gasteiger partial charge in [0.2, 0.25) is 0 Å². The van der Waals surface area contributed by atoms with Gasteiger partial charge in [0.15, 0.2) is 5.78 Å². The fourth-order valence-corrected chi connectivity index (χ4v) is 4.00. The second kappa shape index (κ2) is 4.42. The maximum absolute atomic E-state index is 11.8. The van der Waals surface area contributed by atoms with Crippen LogP contribution in [-0.4, -0.2) is 35.5 Å². The number of carbonyl (C=O) groups excluding carboxylic acids is 1. The number of carbonyl (C=O) groups is 1. The molecule has 0 saturated carbocycles. The van der Waals surface area contributed by atoms with Crippen LogP contribution < -0.4 is 4.74 Å². The van der Waals surface area contributed by atoms with Crippen molar-refractivity contribution in [1.82, 2.24) is 4.90 Å². The predicted molar refractivity (Wildman–Crippen MR) is 78.2 cm³/mol. The molecule has 0 amide bonds. The lowest BCUT2D eigenvalue weighted by molar-refractivity contribution is -0.117. The van der Waals surface area contributed by atoms with Crippen molar-refractivity contribution in [2.45, 2.75) is 37.5 Å². The molecule has 2 heterocycles. The van der Waals surface area contributed by atoms with Gasteiger partial charge in [-0.15, -0.1) is 0 Å². The normalized spacial score (nSPS) is 30.6. The lowest BCUT2D eigenvalue weighted by atomic mass is 9.69. The molecule has 1 N–H and O–H groups in total. The fourth-order valence-electron chi connectivity index (χ4n) is 4.00. The third kappa shape index (κ3) is 1.72. The van der Waals surface area contributed by atoms with Crippen molar-refractivity contribution in [2.24, 2.45) is 0 Å². The van der Waals surface area contributed by atoms with Gasteiger partial charge in [0.1, 0.15) is 11.9 Å². The molecule has 0 aromatic heterocycles. The van der Waals surface area contributed by atoms with Gasteiger partial charge in [0.05, 0.1) is 12.0 Å². The number of allylic oxidation sites excluding steroid dienone is 1. The summed E-state index contributed by atoms with van der Waals surface area (Å²) in [4.78, 5) is 14.1. The van der Waals surface area contributed by atoms with Crippen LogP contribution in [0, 0.1) is 0 Å². The molecule has 1 spiro atoms. The summed E-state index contributed by atoms with van der Waals surface area (Å²) in [5, 5.41) is 9.60. The summed E-state index contributed by atoms with van der Waals surface area (Å²) in [6, 6.07) is 4.05. The highest BCUT2D eigenvalue weighted by molar-refractivity contribution is 5.92. The van der Waals surface area contributed by atoms with E-state index >= 15 is 0 Å². The summed E-state index contributed by atoms with van der Waals surface area (Å²) in [5.74, 6) is 0.942. The molecule has 1 aliphatic carbocycles. The zero-order valence-corrected chi connectivity index (χ0v) is 12.1. The van der Waals surface area contributed by atoms with Crippen LogP contribution in [0.4, 0.5) is 0 Å². The van der Waals surface area contributed by atoms with Crippen LogP contribution in [0.3, 0.4) is 0 Å². The average molecular weight is 285 g/mol. The summed E-state index contributed by atoms with van der Waals surface area (Å²) >= 11 is 0. The Morgan fingerprint density at radius 1 is 1.48 bits per heavy atom. The van der Waals surface area contributed by atoms with E-state index in [2.05, 4.69) is 24.1 Å². The van der Waals surface area contributed by atoms with E-state index in [0.717, 1.165) is 30.8 Å². The van der Waals surface area contributed by atoms with Gasteiger partial charge in [-0.05, 0) is 31.7 Å². The van der Waals surface area contributed by atoms with Crippen molar-refractivity contribution in [1.29, 1.82) is 0 Å². The number of ketones is 1. The third-order valence-corrected chi connectivity index (χ3v) is 5.10. The number of hydrogen-bond donors (Lipinski definition) is 1. The molecule has 1 aromatic carbocycles. The van der Waals surface area contributed by atoms with Crippen LogP contribution in [0.25, 0.3) is 0 Å². The van der Waals surface area contributed by atoms with Crippen LogP contribution in [0.5, 0.6) is 5.75 Å². The molecule has 2 aliphatic heterocycles. The Morgan fingerprint density at radius 3 is 3.14 bits per heavy atom. The standard InChI is InChI=1S/C17H19NO3/c1-18-7-6-17-5-4-13(20)8-14(17)21-16-12(10-19)3-2-11(9-18)15(16)17/h2-5,14,19H,6-10H2,1H3. The monoisotopic (exact) mass is 285 g/mol. The van der Waals surface area contributed by atoms with Crippen molar-refractivity contribution in [3.8, 4) is 5.75 Å². The Labute approximate surface area is 124 Å². The van der Waals surface area contributed by atoms with Crippen LogP contribution in [0.2, 0.25) is 0 Å². The van der Waals surface area contributed by atoms with E-state index in [0.29, 0.717) is 6.42 Å². The van der Waals surface area contributed by atoms with E-state index in [9.17, 15) is 9.90 Å².